The molecule has 2 fully saturated rings. The number of nitrogens with zero attached hydrogens (tertiary/aromatic N) is 1. The Kier molecular flexibility index (Phi) is 5.70. The van der Waals surface area contributed by atoms with Gasteiger partial charge in [-0.3, -0.25) is 19.3 Å². The number of amides is 2. The molecule has 2 aliphatic rings. The van der Waals surface area contributed by atoms with Gasteiger partial charge in [0.15, 0.2) is 0 Å². The van der Waals surface area contributed by atoms with E-state index in [4.69, 9.17) is 9.15 Å². The zero-order valence-corrected chi connectivity index (χ0v) is 17.0. The molecule has 4 rings (SSSR count). The number of fused-ring (bicyclic) bond motifs is 2. The van der Waals surface area contributed by atoms with Crippen molar-refractivity contribution in [3.05, 3.63) is 45.8 Å². The molecule has 1 aliphatic heterocycles. The quantitative estimate of drug-likeness (QED) is 0.412. The van der Waals surface area contributed by atoms with E-state index in [1.807, 2.05) is 25.1 Å². The summed E-state index contributed by atoms with van der Waals surface area (Å²) in [7, 11) is 0. The first-order chi connectivity index (χ1) is 14.5. The first-order valence-electron chi connectivity index (χ1n) is 10.5. The Labute approximate surface area is 174 Å². The highest BCUT2D eigenvalue weighted by molar-refractivity contribution is 6.05. The largest absolute Gasteiger partial charge is 0.461 e. The highest BCUT2D eigenvalue weighted by atomic mass is 16.5. The first-order valence-corrected chi connectivity index (χ1v) is 10.5. The number of aryl methyl sites for hydroxylation is 1. The van der Waals surface area contributed by atoms with Gasteiger partial charge in [0.1, 0.15) is 12.2 Å². The number of likely N-dealkylation sites (tertiary alicyclic amines) is 1. The topological polar surface area (TPSA) is 93.9 Å². The maximum Gasteiger partial charge on any atom is 0.336 e. The van der Waals surface area contributed by atoms with Crippen LogP contribution in [0.1, 0.15) is 50.2 Å². The molecule has 7 heteroatoms. The zero-order valence-electron chi connectivity index (χ0n) is 17.0. The highest BCUT2D eigenvalue weighted by Crippen LogP contribution is 2.38. The van der Waals surface area contributed by atoms with Gasteiger partial charge in [-0.1, -0.05) is 31.9 Å². The second-order valence-corrected chi connectivity index (χ2v) is 8.01. The lowest BCUT2D eigenvalue weighted by atomic mass is 9.81. The molecule has 7 nitrogen and oxygen atoms in total. The number of ether oxygens (including phenoxy) is 1. The fraction of sp³-hybridized carbons (Fsp3) is 0.478. The van der Waals surface area contributed by atoms with Crippen LogP contribution in [0.15, 0.2) is 33.5 Å². The minimum absolute atomic E-state index is 0.0427. The molecule has 0 bridgehead atoms. The molecule has 0 radical (unpaired) electrons. The molecule has 2 amide bonds. The molecule has 2 heterocycles. The van der Waals surface area contributed by atoms with E-state index in [2.05, 4.69) is 0 Å². The van der Waals surface area contributed by atoms with Crippen molar-refractivity contribution in [3.8, 4) is 0 Å². The molecule has 0 spiro atoms. The van der Waals surface area contributed by atoms with Crippen LogP contribution in [-0.4, -0.2) is 29.2 Å². The van der Waals surface area contributed by atoms with Crippen LogP contribution >= 0.6 is 0 Å². The van der Waals surface area contributed by atoms with Gasteiger partial charge in [0.25, 0.3) is 0 Å². The van der Waals surface area contributed by atoms with E-state index in [1.54, 1.807) is 0 Å². The number of carbonyl (C=O) groups is 3. The van der Waals surface area contributed by atoms with E-state index < -0.39 is 11.6 Å². The molecule has 1 aromatic carbocycles. The van der Waals surface area contributed by atoms with Crippen LogP contribution in [0.5, 0.6) is 0 Å². The van der Waals surface area contributed by atoms with Crippen molar-refractivity contribution in [3.63, 3.8) is 0 Å². The summed E-state index contributed by atoms with van der Waals surface area (Å²) < 4.78 is 10.6. The predicted molar refractivity (Wildman–Crippen MR) is 108 cm³/mol. The molecular formula is C23H25NO6. The molecule has 1 aliphatic carbocycles. The third kappa shape index (κ3) is 3.88. The smallest absolute Gasteiger partial charge is 0.336 e. The second-order valence-electron chi connectivity index (χ2n) is 8.01. The van der Waals surface area contributed by atoms with Crippen LogP contribution in [0.25, 0.3) is 11.0 Å². The fourth-order valence-corrected chi connectivity index (χ4v) is 4.50. The maximum atomic E-state index is 12.5. The molecule has 1 saturated carbocycles. The molecule has 2 unspecified atom stereocenters. The third-order valence-electron chi connectivity index (χ3n) is 6.16. The van der Waals surface area contributed by atoms with E-state index in [-0.39, 0.29) is 43.2 Å². The van der Waals surface area contributed by atoms with Gasteiger partial charge in [-0.15, -0.1) is 0 Å². The van der Waals surface area contributed by atoms with Gasteiger partial charge in [-0.05, 0) is 30.9 Å². The molecule has 158 valence electrons. The minimum atomic E-state index is -0.517. The van der Waals surface area contributed by atoms with Crippen molar-refractivity contribution < 1.29 is 23.5 Å². The standard InChI is InChI=1S/C23H25NO6/c1-2-14-7-8-16-15(12-21(26)30-19(16)11-14)13-29-20(25)9-10-24-22(27)17-5-3-4-6-18(17)23(24)28/h7-8,11-12,17-18H,2-6,9-10,13H2,1H3. The van der Waals surface area contributed by atoms with E-state index in [0.29, 0.717) is 16.5 Å². The molecule has 1 saturated heterocycles. The van der Waals surface area contributed by atoms with Crippen LogP contribution in [0, 0.1) is 11.8 Å². The Morgan fingerprint density at radius 3 is 2.47 bits per heavy atom. The van der Waals surface area contributed by atoms with E-state index in [9.17, 15) is 19.2 Å². The van der Waals surface area contributed by atoms with Crippen LogP contribution in [0.3, 0.4) is 0 Å². The molecule has 30 heavy (non-hydrogen) atoms. The number of benzene rings is 1. The summed E-state index contributed by atoms with van der Waals surface area (Å²) in [5.74, 6) is -1.26. The van der Waals surface area contributed by atoms with Crippen molar-refractivity contribution in [1.29, 1.82) is 0 Å². The number of imide groups is 1. The zero-order chi connectivity index (χ0) is 21.3. The van der Waals surface area contributed by atoms with Gasteiger partial charge in [-0.25, -0.2) is 4.79 Å². The average Bonchev–Trinajstić information content (AvgIpc) is 3.00. The fourth-order valence-electron chi connectivity index (χ4n) is 4.50. The molecular weight excluding hydrogens is 386 g/mol. The van der Waals surface area contributed by atoms with Crippen LogP contribution < -0.4 is 5.63 Å². The molecule has 2 atom stereocenters. The molecule has 1 aromatic heterocycles. The minimum Gasteiger partial charge on any atom is -0.461 e. The number of esters is 1. The lowest BCUT2D eigenvalue weighted by molar-refractivity contribution is -0.146. The van der Waals surface area contributed by atoms with Crippen molar-refractivity contribution in [2.45, 2.75) is 52.1 Å². The number of hydrogen-bond acceptors (Lipinski definition) is 6. The van der Waals surface area contributed by atoms with Crippen LogP contribution in [0.4, 0.5) is 0 Å². The van der Waals surface area contributed by atoms with Gasteiger partial charge in [0.05, 0.1) is 18.3 Å². The van der Waals surface area contributed by atoms with E-state index >= 15 is 0 Å². The Morgan fingerprint density at radius 2 is 1.80 bits per heavy atom. The summed E-state index contributed by atoms with van der Waals surface area (Å²) in [6.45, 7) is 1.98. The Balaban J connectivity index is 1.38. The summed E-state index contributed by atoms with van der Waals surface area (Å²) >= 11 is 0. The van der Waals surface area contributed by atoms with Gasteiger partial charge < -0.3 is 9.15 Å². The van der Waals surface area contributed by atoms with Gasteiger partial charge >= 0.3 is 11.6 Å². The van der Waals surface area contributed by atoms with Gasteiger partial charge in [0.2, 0.25) is 11.8 Å². The van der Waals surface area contributed by atoms with E-state index in [0.717, 1.165) is 37.7 Å². The third-order valence-corrected chi connectivity index (χ3v) is 6.16. The summed E-state index contributed by atoms with van der Waals surface area (Å²) in [5, 5.41) is 0.716. The van der Waals surface area contributed by atoms with Gasteiger partial charge in [-0.2, -0.15) is 0 Å². The monoisotopic (exact) mass is 411 g/mol. The normalized spacial score (nSPS) is 21.2. The van der Waals surface area contributed by atoms with Crippen molar-refractivity contribution in [2.24, 2.45) is 11.8 Å². The van der Waals surface area contributed by atoms with Crippen LogP contribution in [-0.2, 0) is 32.1 Å². The molecule has 2 aromatic rings. The van der Waals surface area contributed by atoms with Gasteiger partial charge in [0, 0.05) is 23.6 Å². The molecule has 0 N–H and O–H groups in total. The van der Waals surface area contributed by atoms with Crippen molar-refractivity contribution >= 4 is 28.8 Å². The summed E-state index contributed by atoms with van der Waals surface area (Å²) in [6, 6.07) is 6.92. The summed E-state index contributed by atoms with van der Waals surface area (Å²) in [4.78, 5) is 50.3. The van der Waals surface area contributed by atoms with Crippen LogP contribution in [0.2, 0.25) is 0 Å². The van der Waals surface area contributed by atoms with Crippen molar-refractivity contribution in [2.75, 3.05) is 6.54 Å². The lowest BCUT2D eigenvalue weighted by Crippen LogP contribution is -2.33. The second kappa shape index (κ2) is 8.42. The predicted octanol–water partition coefficient (Wildman–Crippen LogP) is 2.96. The Bertz CT molecular complexity index is 1030. The highest BCUT2D eigenvalue weighted by Gasteiger charge is 2.47. The lowest BCUT2D eigenvalue weighted by Gasteiger charge is -2.19. The Hall–Kier alpha value is -2.96. The number of hydrogen-bond donors (Lipinski definition) is 0. The first kappa shape index (κ1) is 20.3. The summed E-state index contributed by atoms with van der Waals surface area (Å²) in [5.41, 5.74) is 1.57. The SMILES string of the molecule is CCc1ccc2c(COC(=O)CCN3C(=O)C4CCCCC4C3=O)cc(=O)oc2c1. The van der Waals surface area contributed by atoms with Crippen molar-refractivity contribution in [1.82, 2.24) is 4.90 Å². The maximum absolute atomic E-state index is 12.5. The van der Waals surface area contributed by atoms with E-state index in [1.165, 1.54) is 11.0 Å². The average molecular weight is 411 g/mol. The summed E-state index contributed by atoms with van der Waals surface area (Å²) in [6.07, 6.45) is 4.19. The number of rotatable bonds is 6. The Morgan fingerprint density at radius 1 is 1.10 bits per heavy atom. The number of carbonyl (C=O) groups excluding carboxylic acids is 3.